The predicted molar refractivity (Wildman–Crippen MR) is 208 cm³/mol. The van der Waals surface area contributed by atoms with Gasteiger partial charge >= 0.3 is 5.97 Å². The van der Waals surface area contributed by atoms with Crippen LogP contribution >= 0.6 is 0 Å². The molecular weight excluding hydrogens is 698 g/mol. The molecule has 0 saturated heterocycles. The smallest absolute Gasteiger partial charge is 0.335 e. The van der Waals surface area contributed by atoms with E-state index in [1.165, 1.54) is 0 Å². The number of allylic oxidation sites excluding steroid dienone is 1. The molecule has 0 spiro atoms. The highest BCUT2D eigenvalue weighted by atomic mass is 16.4. The van der Waals surface area contributed by atoms with Gasteiger partial charge in [0.05, 0.1) is 11.2 Å². The zero-order valence-electron chi connectivity index (χ0n) is 32.8. The second-order valence-corrected chi connectivity index (χ2v) is 18.8. The molecule has 9 N–H and O–H groups in total. The summed E-state index contributed by atoms with van der Waals surface area (Å²) in [5.41, 5.74) is 4.05. The maximum Gasteiger partial charge on any atom is 0.335 e. The van der Waals surface area contributed by atoms with E-state index in [-0.39, 0.29) is 61.7 Å². The van der Waals surface area contributed by atoms with Gasteiger partial charge in [-0.3, -0.25) is 14.6 Å². The summed E-state index contributed by atoms with van der Waals surface area (Å²) in [4.78, 5) is 45.4. The van der Waals surface area contributed by atoms with Crippen LogP contribution in [0.5, 0.6) is 0 Å². The van der Waals surface area contributed by atoms with Gasteiger partial charge < -0.3 is 37.0 Å². The van der Waals surface area contributed by atoms with Gasteiger partial charge in [0.15, 0.2) is 11.7 Å². The number of carbonyl (C=O) groups excluding carboxylic acids is 2. The van der Waals surface area contributed by atoms with E-state index in [1.54, 1.807) is 12.2 Å². The van der Waals surface area contributed by atoms with Crippen molar-refractivity contribution in [2.24, 2.45) is 67.7 Å². The molecule has 55 heavy (non-hydrogen) atoms. The van der Waals surface area contributed by atoms with Gasteiger partial charge in [0, 0.05) is 53.0 Å². The zero-order chi connectivity index (χ0) is 40.3. The molecule has 0 radical (unpaired) electrons. The van der Waals surface area contributed by atoms with Crippen molar-refractivity contribution in [3.05, 3.63) is 76.6 Å². The second-order valence-electron chi connectivity index (χ2n) is 18.8. The standard InChI is InChI=1S/C44H57N3O8/c1-24(29(23-47-37(45)46)44(55)17-10-13-26(35(44)50)36(51)52)28-21-42(53)19-20-43(54)27(15-14-25-11-8-7-9-12-25)33-38(2,3)31(49)16-18-39(33,4)32-30(48)22-40(28,5)41(42,6)34(32)43/h7-9,11-12,14-15,19-20,24,27-29,33,50,53-55H,10,13,16-18,21-23H2,1-6H3,(H,51,52)(H4,45,46,47)/b15-14+/t24-,27+,28+,29-,33+,39+,40+,41-,42-,43+,44-/m0/s1. The van der Waals surface area contributed by atoms with Crippen molar-refractivity contribution < 1.29 is 39.9 Å². The van der Waals surface area contributed by atoms with E-state index in [4.69, 9.17) is 11.5 Å². The first-order valence-corrected chi connectivity index (χ1v) is 19.7. The summed E-state index contributed by atoms with van der Waals surface area (Å²) in [6.45, 7) is 11.6. The third kappa shape index (κ3) is 5.11. The minimum atomic E-state index is -2.00. The van der Waals surface area contributed by atoms with Gasteiger partial charge in [0.1, 0.15) is 22.7 Å². The Morgan fingerprint density at radius 1 is 1.00 bits per heavy atom. The zero-order valence-corrected chi connectivity index (χ0v) is 32.8. The van der Waals surface area contributed by atoms with Crippen LogP contribution in [0, 0.1) is 51.2 Å². The molecule has 6 aliphatic rings. The molecule has 11 nitrogen and oxygen atoms in total. The van der Waals surface area contributed by atoms with Crippen LogP contribution in [0.4, 0.5) is 0 Å². The number of hydrogen-bond acceptors (Lipinski definition) is 8. The van der Waals surface area contributed by atoms with Gasteiger partial charge in [-0.15, -0.1) is 0 Å². The van der Waals surface area contributed by atoms with Gasteiger partial charge in [-0.2, -0.15) is 0 Å². The molecule has 1 aromatic carbocycles. The van der Waals surface area contributed by atoms with Crippen molar-refractivity contribution in [2.45, 2.75) is 103 Å². The van der Waals surface area contributed by atoms with E-state index in [1.807, 2.05) is 77.1 Å². The average Bonchev–Trinajstić information content (AvgIpc) is 3.29. The van der Waals surface area contributed by atoms with E-state index in [0.29, 0.717) is 24.0 Å². The van der Waals surface area contributed by atoms with Crippen LogP contribution in [0.2, 0.25) is 0 Å². The highest BCUT2D eigenvalue weighted by molar-refractivity contribution is 6.02. The molecule has 1 aromatic rings. The monoisotopic (exact) mass is 755 g/mol. The van der Waals surface area contributed by atoms with Crippen molar-refractivity contribution >= 4 is 29.6 Å². The summed E-state index contributed by atoms with van der Waals surface area (Å²) in [5.74, 6) is -5.32. The van der Waals surface area contributed by atoms with Crippen LogP contribution in [-0.4, -0.2) is 72.4 Å². The molecule has 7 rings (SSSR count). The lowest BCUT2D eigenvalue weighted by atomic mass is 9.36. The number of carboxylic acid groups (broad SMARTS) is 1. The summed E-state index contributed by atoms with van der Waals surface area (Å²) >= 11 is 0. The van der Waals surface area contributed by atoms with Crippen molar-refractivity contribution in [3.63, 3.8) is 0 Å². The van der Waals surface area contributed by atoms with E-state index < -0.39 is 79.8 Å². The van der Waals surface area contributed by atoms with Gasteiger partial charge in [-0.1, -0.05) is 90.1 Å². The number of carboxylic acids is 1. The first kappa shape index (κ1) is 39.2. The van der Waals surface area contributed by atoms with Gasteiger partial charge in [0.2, 0.25) is 0 Å². The lowest BCUT2D eigenvalue weighted by molar-refractivity contribution is -0.162. The molecule has 0 aliphatic heterocycles. The van der Waals surface area contributed by atoms with Crippen molar-refractivity contribution in [2.75, 3.05) is 6.54 Å². The summed E-state index contributed by atoms with van der Waals surface area (Å²) < 4.78 is 0. The summed E-state index contributed by atoms with van der Waals surface area (Å²) in [6.07, 6.45) is 8.65. The Kier molecular flexibility index (Phi) is 8.88. The van der Waals surface area contributed by atoms with Crippen LogP contribution in [0.1, 0.15) is 92.1 Å². The van der Waals surface area contributed by atoms with Crippen LogP contribution in [0.3, 0.4) is 0 Å². The fourth-order valence-electron chi connectivity index (χ4n) is 13.2. The van der Waals surface area contributed by atoms with Crippen LogP contribution in [0.25, 0.3) is 6.08 Å². The number of guanidine groups is 1. The van der Waals surface area contributed by atoms with E-state index >= 15 is 4.79 Å². The molecule has 0 aromatic heterocycles. The minimum absolute atomic E-state index is 0.0282. The van der Waals surface area contributed by atoms with Crippen molar-refractivity contribution in [3.8, 4) is 0 Å². The first-order valence-electron chi connectivity index (χ1n) is 19.7. The number of fused-ring (bicyclic) bond motifs is 2. The van der Waals surface area contributed by atoms with Gasteiger partial charge in [-0.25, -0.2) is 4.79 Å². The maximum absolute atomic E-state index is 15.2. The Balaban J connectivity index is 1.44. The largest absolute Gasteiger partial charge is 0.509 e. The lowest BCUT2D eigenvalue weighted by Gasteiger charge is -2.68. The number of benzene rings is 1. The van der Waals surface area contributed by atoms with E-state index in [9.17, 15) is 35.1 Å². The van der Waals surface area contributed by atoms with Gasteiger partial charge in [0.25, 0.3) is 0 Å². The fourth-order valence-corrected chi connectivity index (χ4v) is 13.2. The Hall–Kier alpha value is -4.06. The predicted octanol–water partition coefficient (Wildman–Crippen LogP) is 5.01. The molecule has 0 amide bonds. The third-order valence-electron chi connectivity index (χ3n) is 16.0. The minimum Gasteiger partial charge on any atom is -0.509 e. The highest BCUT2D eigenvalue weighted by Gasteiger charge is 2.79. The molecule has 2 saturated carbocycles. The third-order valence-corrected chi connectivity index (χ3v) is 16.0. The molecular formula is C44H57N3O8. The van der Waals surface area contributed by atoms with Crippen LogP contribution in [-0.2, 0) is 14.4 Å². The quantitative estimate of drug-likeness (QED) is 0.107. The topological polar surface area (TPSA) is 217 Å². The number of hydrogen-bond donors (Lipinski definition) is 7. The molecule has 11 heteroatoms. The van der Waals surface area contributed by atoms with Crippen molar-refractivity contribution in [1.82, 2.24) is 0 Å². The number of nitrogens with zero attached hydrogens (tertiary/aromatic N) is 1. The number of aliphatic hydroxyl groups is 4. The number of Topliss-reactive ketones (excluding diaryl/α,β-unsaturated/α-hetero) is 2. The second kappa shape index (κ2) is 12.5. The number of aliphatic imine (C=N–C) groups is 1. The number of ketones is 2. The maximum atomic E-state index is 15.2. The molecule has 11 atom stereocenters. The fraction of sp³-hybridized carbons (Fsp3) is 0.591. The number of aliphatic carboxylic acids is 1. The highest BCUT2D eigenvalue weighted by Crippen LogP contribution is 2.78. The SMILES string of the molecule is C[C@@H]([C@H]1C[C@@]2(O)C=C[C@]3(O)C4=C(C(=O)C[C@@]1(C)[C@]42C)[C@@]1(C)CCC(=O)C(C)(C)[C@H]1[C@H]3/C=C/c1ccccc1)[C@H](CN=C(N)N)[C@@]1(O)CCCC(C(=O)O)=C1O. The first-order chi connectivity index (χ1) is 25.5. The van der Waals surface area contributed by atoms with Crippen molar-refractivity contribution in [1.29, 1.82) is 0 Å². The lowest BCUT2D eigenvalue weighted by Crippen LogP contribution is -2.69. The molecule has 296 valence electrons. The Morgan fingerprint density at radius 2 is 1.67 bits per heavy atom. The molecule has 0 unspecified atom stereocenters. The molecule has 6 aliphatic carbocycles. The number of carbonyl (C=O) groups is 3. The summed E-state index contributed by atoms with van der Waals surface area (Å²) in [7, 11) is 0. The van der Waals surface area contributed by atoms with Crippen LogP contribution < -0.4 is 11.5 Å². The Morgan fingerprint density at radius 3 is 2.31 bits per heavy atom. The number of aliphatic hydroxyl groups excluding tert-OH is 1. The van der Waals surface area contributed by atoms with Crippen LogP contribution in [0.15, 0.2) is 76.0 Å². The van der Waals surface area contributed by atoms with E-state index in [2.05, 4.69) is 11.9 Å². The number of rotatable bonds is 8. The Labute approximate surface area is 323 Å². The number of nitrogens with two attached hydrogens (primary N) is 2. The van der Waals surface area contributed by atoms with E-state index in [0.717, 1.165) is 5.56 Å². The average molecular weight is 756 g/mol. The normalized spacial score (nSPS) is 41.5. The Bertz CT molecular complexity index is 2000. The molecule has 2 fully saturated rings. The molecule has 0 bridgehead atoms. The summed E-state index contributed by atoms with van der Waals surface area (Å²) in [5, 5.41) is 60.3. The van der Waals surface area contributed by atoms with Gasteiger partial charge in [-0.05, 0) is 72.5 Å². The molecule has 0 heterocycles. The summed E-state index contributed by atoms with van der Waals surface area (Å²) in [6, 6.07) is 9.73.